The first-order chi connectivity index (χ1) is 20.4. The van der Waals surface area contributed by atoms with Crippen molar-refractivity contribution in [3.8, 4) is 0 Å². The molecule has 0 spiro atoms. The van der Waals surface area contributed by atoms with Crippen LogP contribution in [0.1, 0.15) is 34.5 Å². The number of nitrogens with zero attached hydrogens (tertiary/aromatic N) is 2. The first-order valence-electron chi connectivity index (χ1n) is 15.0. The molecule has 3 aliphatic carbocycles. The Morgan fingerprint density at radius 3 is 2.69 bits per heavy atom. The summed E-state index contributed by atoms with van der Waals surface area (Å²) >= 11 is 0. The number of allylic oxidation sites excluding steroid dienone is 7. The van der Waals surface area contributed by atoms with E-state index < -0.39 is 5.41 Å². The zero-order valence-electron chi connectivity index (χ0n) is 24.9. The summed E-state index contributed by atoms with van der Waals surface area (Å²) in [6, 6.07) is 13.6. The normalized spacial score (nSPS) is 26.4. The Bertz CT molecular complexity index is 1420. The largest absolute Gasteiger partial charge is 0.390 e. The number of ketones is 1. The van der Waals surface area contributed by atoms with Crippen LogP contribution in [0.2, 0.25) is 0 Å². The van der Waals surface area contributed by atoms with Gasteiger partial charge in [-0.05, 0) is 86.3 Å². The molecule has 1 heterocycles. The number of aromatic nitrogens is 1. The molecule has 0 aliphatic heterocycles. The number of fused-ring (bicyclic) bond motifs is 1. The molecule has 0 bridgehead atoms. The maximum Gasteiger partial charge on any atom is 0.237 e. The zero-order valence-corrected chi connectivity index (χ0v) is 24.9. The Labute approximate surface area is 251 Å². The number of rotatable bonds is 12. The van der Waals surface area contributed by atoms with E-state index in [1.807, 2.05) is 60.5 Å². The highest BCUT2D eigenvalue weighted by atomic mass is 16.2. The molecule has 1 aromatic heterocycles. The highest BCUT2D eigenvalue weighted by Crippen LogP contribution is 2.64. The van der Waals surface area contributed by atoms with Crippen molar-refractivity contribution >= 4 is 23.1 Å². The van der Waals surface area contributed by atoms with Gasteiger partial charge in [0, 0.05) is 32.3 Å². The second-order valence-corrected chi connectivity index (χ2v) is 11.9. The van der Waals surface area contributed by atoms with Crippen LogP contribution in [-0.4, -0.2) is 36.8 Å². The van der Waals surface area contributed by atoms with Gasteiger partial charge in [-0.2, -0.15) is 0 Å². The van der Waals surface area contributed by atoms with Gasteiger partial charge in [-0.3, -0.25) is 14.6 Å². The van der Waals surface area contributed by atoms with Gasteiger partial charge in [-0.25, -0.2) is 0 Å². The number of pyridine rings is 1. The fraction of sp³-hybridized carbons (Fsp3) is 0.361. The molecule has 42 heavy (non-hydrogen) atoms. The lowest BCUT2D eigenvalue weighted by molar-refractivity contribution is -0.123. The third-order valence-electron chi connectivity index (χ3n) is 8.92. The monoisotopic (exact) mass is 564 g/mol. The fourth-order valence-electron chi connectivity index (χ4n) is 6.59. The van der Waals surface area contributed by atoms with Crippen molar-refractivity contribution in [3.05, 3.63) is 115 Å². The highest BCUT2D eigenvalue weighted by molar-refractivity contribution is 6.02. The Morgan fingerprint density at radius 1 is 1.14 bits per heavy atom. The van der Waals surface area contributed by atoms with Crippen LogP contribution in [0.15, 0.2) is 115 Å². The molecule has 0 radical (unpaired) electrons. The SMILES string of the molecule is CN/C(=C\C=C\C(=O)CNc1cccnc1)CN(C(=O)C12C=C(C)CC(CC3C=CC=CC3C)C1C2)c1ccccc1.[HH]. The molecular formula is C36H44N4O2. The van der Waals surface area contributed by atoms with Gasteiger partial charge in [-0.15, -0.1) is 0 Å². The second-order valence-electron chi connectivity index (χ2n) is 11.9. The molecule has 6 heteroatoms. The molecule has 6 nitrogen and oxygen atoms in total. The molecule has 5 atom stereocenters. The first kappa shape index (κ1) is 29.3. The summed E-state index contributed by atoms with van der Waals surface area (Å²) in [4.78, 5) is 32.9. The van der Waals surface area contributed by atoms with Crippen LogP contribution in [0.5, 0.6) is 0 Å². The molecule has 3 aliphatic rings. The van der Waals surface area contributed by atoms with Gasteiger partial charge in [0.05, 0.1) is 24.2 Å². The molecule has 2 aromatic rings. The average molecular weight is 565 g/mol. The lowest BCUT2D eigenvalue weighted by Crippen LogP contribution is -2.42. The lowest BCUT2D eigenvalue weighted by atomic mass is 9.74. The standard InChI is InChI=1S/C36H42N4O2.H2/c1-26-19-29(20-28-12-8-7-11-27(28)2)34-22-36(34,21-26)35(42)40(32-15-5-4-6-16-32)25-31(37-3)13-9-17-33(41)24-39-30-14-10-18-38-23-30;/h4-18,21,23,27-29,34,37,39H,19-20,22,24-25H2,1-3H3;1H/b17-9+,31-13-;. The minimum Gasteiger partial charge on any atom is -0.390 e. The minimum absolute atomic E-state index is 0. The van der Waals surface area contributed by atoms with E-state index in [1.54, 1.807) is 24.5 Å². The second kappa shape index (κ2) is 13.2. The number of anilines is 2. The van der Waals surface area contributed by atoms with Gasteiger partial charge in [-0.1, -0.05) is 67.2 Å². The number of benzene rings is 1. The number of nitrogens with one attached hydrogen (secondary N) is 2. The van der Waals surface area contributed by atoms with E-state index in [1.165, 1.54) is 5.57 Å². The number of hydrogen-bond donors (Lipinski definition) is 2. The van der Waals surface area contributed by atoms with E-state index in [0.717, 1.165) is 36.3 Å². The van der Waals surface area contributed by atoms with E-state index in [2.05, 4.69) is 59.8 Å². The van der Waals surface area contributed by atoms with Crippen molar-refractivity contribution < 1.29 is 11.0 Å². The van der Waals surface area contributed by atoms with E-state index in [9.17, 15) is 9.59 Å². The molecule has 5 rings (SSSR count). The van der Waals surface area contributed by atoms with Crippen LogP contribution < -0.4 is 15.5 Å². The molecular weight excluding hydrogens is 520 g/mol. The van der Waals surface area contributed by atoms with Crippen LogP contribution in [0.3, 0.4) is 0 Å². The Morgan fingerprint density at radius 2 is 1.95 bits per heavy atom. The van der Waals surface area contributed by atoms with Gasteiger partial charge in [0.1, 0.15) is 0 Å². The maximum atomic E-state index is 14.5. The fourth-order valence-corrected chi connectivity index (χ4v) is 6.59. The number of hydrogen-bond acceptors (Lipinski definition) is 5. The molecule has 1 amide bonds. The van der Waals surface area contributed by atoms with Crippen molar-refractivity contribution in [2.45, 2.75) is 33.1 Å². The molecule has 5 unspecified atom stereocenters. The summed E-state index contributed by atoms with van der Waals surface area (Å²) in [5, 5.41) is 6.33. The molecule has 1 aromatic carbocycles. The van der Waals surface area contributed by atoms with E-state index >= 15 is 0 Å². The minimum atomic E-state index is -0.442. The van der Waals surface area contributed by atoms with Crippen molar-refractivity contribution in [2.24, 2.45) is 29.1 Å². The van der Waals surface area contributed by atoms with Crippen LogP contribution in [-0.2, 0) is 9.59 Å². The Kier molecular flexibility index (Phi) is 9.21. The number of amides is 1. The number of likely N-dealkylation sites (N-methyl/N-ethyl adjacent to an activating group) is 1. The number of para-hydroxylation sites is 1. The predicted octanol–water partition coefficient (Wildman–Crippen LogP) is 6.74. The number of carbonyl (C=O) groups is 2. The molecule has 1 fully saturated rings. The van der Waals surface area contributed by atoms with Crippen LogP contribution in [0.25, 0.3) is 0 Å². The average Bonchev–Trinajstić information content (AvgIpc) is 3.75. The summed E-state index contributed by atoms with van der Waals surface area (Å²) in [5.41, 5.74) is 3.42. The van der Waals surface area contributed by atoms with Crippen LogP contribution in [0, 0.1) is 29.1 Å². The molecule has 2 N–H and O–H groups in total. The van der Waals surface area contributed by atoms with Crippen molar-refractivity contribution in [1.29, 1.82) is 0 Å². The Balaban J connectivity index is 0.00000423. The summed E-state index contributed by atoms with van der Waals surface area (Å²) in [6.45, 7) is 5.06. The molecule has 1 saturated carbocycles. The van der Waals surface area contributed by atoms with E-state index in [-0.39, 0.29) is 19.7 Å². The summed E-state index contributed by atoms with van der Waals surface area (Å²) in [7, 11) is 1.85. The maximum absolute atomic E-state index is 14.5. The highest BCUT2D eigenvalue weighted by Gasteiger charge is 2.63. The molecule has 0 saturated heterocycles. The molecule has 220 valence electrons. The van der Waals surface area contributed by atoms with E-state index in [4.69, 9.17) is 0 Å². The number of carbonyl (C=O) groups excluding carboxylic acids is 2. The summed E-state index contributed by atoms with van der Waals surface area (Å²) in [5.74, 6) is 2.05. The van der Waals surface area contributed by atoms with Gasteiger partial charge in [0.25, 0.3) is 0 Å². The summed E-state index contributed by atoms with van der Waals surface area (Å²) < 4.78 is 0. The Hall–Kier alpha value is -4.19. The van der Waals surface area contributed by atoms with Crippen molar-refractivity contribution in [2.75, 3.05) is 30.4 Å². The van der Waals surface area contributed by atoms with Crippen molar-refractivity contribution in [3.63, 3.8) is 0 Å². The topological polar surface area (TPSA) is 74.3 Å². The van der Waals surface area contributed by atoms with Crippen LogP contribution in [0.4, 0.5) is 11.4 Å². The smallest absolute Gasteiger partial charge is 0.237 e. The van der Waals surface area contributed by atoms with Gasteiger partial charge in [0.15, 0.2) is 5.78 Å². The van der Waals surface area contributed by atoms with Gasteiger partial charge >= 0.3 is 0 Å². The zero-order chi connectivity index (χ0) is 29.5. The van der Waals surface area contributed by atoms with Crippen LogP contribution >= 0.6 is 0 Å². The quantitative estimate of drug-likeness (QED) is 0.170. The van der Waals surface area contributed by atoms with Gasteiger partial charge < -0.3 is 15.5 Å². The van der Waals surface area contributed by atoms with E-state index in [0.29, 0.717) is 30.2 Å². The first-order valence-corrected chi connectivity index (χ1v) is 15.0. The lowest BCUT2D eigenvalue weighted by Gasteiger charge is -2.33. The third kappa shape index (κ3) is 6.81. The summed E-state index contributed by atoms with van der Waals surface area (Å²) in [6.07, 6.45) is 22.9. The predicted molar refractivity (Wildman–Crippen MR) is 173 cm³/mol. The third-order valence-corrected chi connectivity index (χ3v) is 8.92. The van der Waals surface area contributed by atoms with Crippen molar-refractivity contribution in [1.82, 2.24) is 10.3 Å². The van der Waals surface area contributed by atoms with Gasteiger partial charge in [0.2, 0.25) is 5.91 Å².